The Hall–Kier alpha value is -0.940. The zero-order valence-corrected chi connectivity index (χ0v) is 12.7. The first-order valence-electron chi connectivity index (χ1n) is 5.87. The summed E-state index contributed by atoms with van der Waals surface area (Å²) in [5.74, 6) is 2.15. The zero-order chi connectivity index (χ0) is 13.5. The molecule has 0 heterocycles. The van der Waals surface area contributed by atoms with Crippen LogP contribution in [0.3, 0.4) is 0 Å². The number of rotatable bonds is 7. The van der Waals surface area contributed by atoms with E-state index in [1.807, 2.05) is 6.07 Å². The average molecular weight is 318 g/mol. The van der Waals surface area contributed by atoms with Gasteiger partial charge in [0.05, 0.1) is 25.8 Å². The SMILES string of the molecule is COc1cc(OC)c(OC)c(Br)c1CCCCN. The molecule has 0 spiro atoms. The third-order valence-electron chi connectivity index (χ3n) is 2.77. The van der Waals surface area contributed by atoms with Gasteiger partial charge in [-0.15, -0.1) is 0 Å². The van der Waals surface area contributed by atoms with Crippen LogP contribution >= 0.6 is 15.9 Å². The number of nitrogens with two attached hydrogens (primary N) is 1. The molecule has 102 valence electrons. The van der Waals surface area contributed by atoms with Crippen LogP contribution in [0.5, 0.6) is 17.2 Å². The Bertz CT molecular complexity index is 396. The van der Waals surface area contributed by atoms with Gasteiger partial charge in [-0.2, -0.15) is 0 Å². The molecule has 0 fully saturated rings. The van der Waals surface area contributed by atoms with Crippen molar-refractivity contribution in [1.82, 2.24) is 0 Å². The molecule has 5 heteroatoms. The second kappa shape index (κ2) is 7.48. The number of hydrogen-bond donors (Lipinski definition) is 1. The molecule has 0 aliphatic rings. The number of halogens is 1. The number of benzene rings is 1. The average Bonchev–Trinajstić information content (AvgIpc) is 2.39. The van der Waals surface area contributed by atoms with Crippen LogP contribution in [0.25, 0.3) is 0 Å². The summed E-state index contributed by atoms with van der Waals surface area (Å²) in [5.41, 5.74) is 6.60. The van der Waals surface area contributed by atoms with Crippen molar-refractivity contribution in [3.63, 3.8) is 0 Å². The molecule has 0 saturated heterocycles. The fourth-order valence-electron chi connectivity index (χ4n) is 1.83. The third kappa shape index (κ3) is 3.29. The molecule has 0 bridgehead atoms. The van der Waals surface area contributed by atoms with Crippen LogP contribution in [0.4, 0.5) is 0 Å². The molecule has 4 nitrogen and oxygen atoms in total. The van der Waals surface area contributed by atoms with E-state index in [-0.39, 0.29) is 0 Å². The van der Waals surface area contributed by atoms with Crippen molar-refractivity contribution in [2.75, 3.05) is 27.9 Å². The summed E-state index contributed by atoms with van der Waals surface area (Å²) in [7, 11) is 4.89. The van der Waals surface area contributed by atoms with Gasteiger partial charge in [0, 0.05) is 11.6 Å². The highest BCUT2D eigenvalue weighted by Crippen LogP contribution is 2.43. The van der Waals surface area contributed by atoms with Crippen molar-refractivity contribution >= 4 is 15.9 Å². The van der Waals surface area contributed by atoms with Crippen LogP contribution in [0.1, 0.15) is 18.4 Å². The molecular weight excluding hydrogens is 298 g/mol. The molecule has 0 unspecified atom stereocenters. The molecule has 0 aliphatic heterocycles. The fourth-order valence-corrected chi connectivity index (χ4v) is 2.58. The van der Waals surface area contributed by atoms with Crippen LogP contribution < -0.4 is 19.9 Å². The van der Waals surface area contributed by atoms with Crippen molar-refractivity contribution in [3.8, 4) is 17.2 Å². The van der Waals surface area contributed by atoms with Gasteiger partial charge in [-0.3, -0.25) is 0 Å². The number of hydrogen-bond acceptors (Lipinski definition) is 4. The monoisotopic (exact) mass is 317 g/mol. The lowest BCUT2D eigenvalue weighted by Crippen LogP contribution is -2.02. The minimum absolute atomic E-state index is 0.656. The van der Waals surface area contributed by atoms with Gasteiger partial charge in [0.1, 0.15) is 5.75 Å². The first-order valence-corrected chi connectivity index (χ1v) is 6.66. The molecule has 0 saturated carbocycles. The predicted octanol–water partition coefficient (Wildman–Crippen LogP) is 2.76. The van der Waals surface area contributed by atoms with Crippen molar-refractivity contribution in [1.29, 1.82) is 0 Å². The van der Waals surface area contributed by atoms with E-state index in [1.54, 1.807) is 21.3 Å². The number of ether oxygens (including phenoxy) is 3. The lowest BCUT2D eigenvalue weighted by Gasteiger charge is -2.16. The summed E-state index contributed by atoms with van der Waals surface area (Å²) in [5, 5.41) is 0. The molecule has 0 aromatic heterocycles. The Balaban J connectivity index is 3.13. The lowest BCUT2D eigenvalue weighted by atomic mass is 10.1. The van der Waals surface area contributed by atoms with Gasteiger partial charge in [0.15, 0.2) is 11.5 Å². The van der Waals surface area contributed by atoms with E-state index >= 15 is 0 Å². The van der Waals surface area contributed by atoms with E-state index in [0.717, 1.165) is 35.0 Å². The van der Waals surface area contributed by atoms with Gasteiger partial charge >= 0.3 is 0 Å². The highest BCUT2D eigenvalue weighted by molar-refractivity contribution is 9.10. The maximum Gasteiger partial charge on any atom is 0.175 e. The van der Waals surface area contributed by atoms with E-state index in [2.05, 4.69) is 15.9 Å². The third-order valence-corrected chi connectivity index (χ3v) is 3.61. The smallest absolute Gasteiger partial charge is 0.175 e. The summed E-state index contributed by atoms with van der Waals surface area (Å²) < 4.78 is 16.9. The summed E-state index contributed by atoms with van der Waals surface area (Å²) in [4.78, 5) is 0. The highest BCUT2D eigenvalue weighted by Gasteiger charge is 2.18. The Morgan fingerprint density at radius 3 is 2.22 bits per heavy atom. The summed E-state index contributed by atoms with van der Waals surface area (Å²) in [6.07, 6.45) is 2.90. The molecule has 18 heavy (non-hydrogen) atoms. The fraction of sp³-hybridized carbons (Fsp3) is 0.538. The van der Waals surface area contributed by atoms with E-state index in [1.165, 1.54) is 0 Å². The second-order valence-corrected chi connectivity index (χ2v) is 4.65. The topological polar surface area (TPSA) is 53.7 Å². The quantitative estimate of drug-likeness (QED) is 0.786. The van der Waals surface area contributed by atoms with Gasteiger partial charge in [0.2, 0.25) is 0 Å². The van der Waals surface area contributed by atoms with Crippen LogP contribution in [-0.4, -0.2) is 27.9 Å². The first-order chi connectivity index (χ1) is 8.69. The summed E-state index contributed by atoms with van der Waals surface area (Å²) in [6.45, 7) is 0.702. The minimum atomic E-state index is 0.656. The molecular formula is C13H20BrNO3. The van der Waals surface area contributed by atoms with Crippen molar-refractivity contribution in [3.05, 3.63) is 16.1 Å². The predicted molar refractivity (Wildman–Crippen MR) is 75.8 cm³/mol. The molecule has 1 aromatic carbocycles. The van der Waals surface area contributed by atoms with Crippen molar-refractivity contribution < 1.29 is 14.2 Å². The molecule has 0 amide bonds. The Labute approximate surface area is 117 Å². The Morgan fingerprint density at radius 2 is 1.72 bits per heavy atom. The zero-order valence-electron chi connectivity index (χ0n) is 11.1. The summed E-state index contributed by atoms with van der Waals surface area (Å²) >= 11 is 3.56. The van der Waals surface area contributed by atoms with Crippen LogP contribution in [0.15, 0.2) is 10.5 Å². The van der Waals surface area contributed by atoms with Gasteiger partial charge in [-0.1, -0.05) is 0 Å². The second-order valence-electron chi connectivity index (χ2n) is 3.85. The van der Waals surface area contributed by atoms with E-state index < -0.39 is 0 Å². The first kappa shape index (κ1) is 15.1. The molecule has 0 radical (unpaired) electrons. The van der Waals surface area contributed by atoms with Crippen LogP contribution in [0.2, 0.25) is 0 Å². The van der Waals surface area contributed by atoms with Gasteiger partial charge in [-0.25, -0.2) is 0 Å². The van der Waals surface area contributed by atoms with Gasteiger partial charge in [0.25, 0.3) is 0 Å². The number of unbranched alkanes of at least 4 members (excludes halogenated alkanes) is 1. The van der Waals surface area contributed by atoms with Gasteiger partial charge in [-0.05, 0) is 41.7 Å². The van der Waals surface area contributed by atoms with E-state index in [0.29, 0.717) is 18.0 Å². The van der Waals surface area contributed by atoms with E-state index in [4.69, 9.17) is 19.9 Å². The maximum atomic E-state index is 5.52. The maximum absolute atomic E-state index is 5.52. The lowest BCUT2D eigenvalue weighted by molar-refractivity contribution is 0.345. The van der Waals surface area contributed by atoms with Crippen molar-refractivity contribution in [2.45, 2.75) is 19.3 Å². The Kier molecular flexibility index (Phi) is 6.29. The molecule has 1 aromatic rings. The summed E-state index contributed by atoms with van der Waals surface area (Å²) in [6, 6.07) is 1.85. The minimum Gasteiger partial charge on any atom is -0.496 e. The molecule has 1 rings (SSSR count). The molecule has 2 N–H and O–H groups in total. The highest BCUT2D eigenvalue weighted by atomic mass is 79.9. The van der Waals surface area contributed by atoms with Gasteiger partial charge < -0.3 is 19.9 Å². The van der Waals surface area contributed by atoms with Crippen molar-refractivity contribution in [2.24, 2.45) is 5.73 Å². The number of methoxy groups -OCH3 is 3. The normalized spacial score (nSPS) is 10.3. The van der Waals surface area contributed by atoms with Crippen LogP contribution in [0, 0.1) is 0 Å². The largest absolute Gasteiger partial charge is 0.496 e. The van der Waals surface area contributed by atoms with E-state index in [9.17, 15) is 0 Å². The molecule has 0 aliphatic carbocycles. The standard InChI is InChI=1S/C13H20BrNO3/c1-16-10-8-11(17-2)13(18-3)12(14)9(10)6-4-5-7-15/h8H,4-7,15H2,1-3H3. The molecule has 0 atom stereocenters. The van der Waals surface area contributed by atoms with Crippen LogP contribution in [-0.2, 0) is 6.42 Å². The Morgan fingerprint density at radius 1 is 1.06 bits per heavy atom.